The Kier molecular flexibility index (Phi) is 1.08. The SMILES string of the molecule is O=CC1C=C[Se]1. The Bertz CT molecular complexity index is 87.5. The van der Waals surface area contributed by atoms with E-state index in [-0.39, 0.29) is 0 Å². The third-order valence-electron chi connectivity index (χ3n) is 0.638. The monoisotopic (exact) mass is 148 g/mol. The molecule has 0 saturated heterocycles. The van der Waals surface area contributed by atoms with Crippen LogP contribution in [0.2, 0.25) is 4.82 Å². The molecule has 0 N–H and O–H groups in total. The number of carbonyl (C=O) groups is 1. The van der Waals surface area contributed by atoms with Crippen LogP contribution in [0.25, 0.3) is 0 Å². The molecule has 1 unspecified atom stereocenters. The fourth-order valence-corrected chi connectivity index (χ4v) is 1.09. The molecule has 1 aliphatic rings. The molecule has 0 bridgehead atoms. The molecule has 0 aliphatic carbocycles. The minimum absolute atomic E-state index is 0.317. The van der Waals surface area contributed by atoms with Crippen LogP contribution in [-0.4, -0.2) is 21.2 Å². The maximum atomic E-state index is 9.75. The minimum atomic E-state index is 0.317. The van der Waals surface area contributed by atoms with Gasteiger partial charge in [-0.1, -0.05) is 0 Å². The summed E-state index contributed by atoms with van der Waals surface area (Å²) < 4.78 is 0. The number of hydrogen-bond acceptors (Lipinski definition) is 1. The fraction of sp³-hybridized carbons (Fsp3) is 0.250. The second-order valence-corrected chi connectivity index (χ2v) is 3.35. The van der Waals surface area contributed by atoms with E-state index in [0.29, 0.717) is 19.8 Å². The van der Waals surface area contributed by atoms with Crippen LogP contribution in [0, 0.1) is 0 Å². The van der Waals surface area contributed by atoms with Gasteiger partial charge in [0.25, 0.3) is 0 Å². The van der Waals surface area contributed by atoms with Crippen molar-refractivity contribution in [3.63, 3.8) is 0 Å². The van der Waals surface area contributed by atoms with Crippen LogP contribution in [0.5, 0.6) is 0 Å². The van der Waals surface area contributed by atoms with Gasteiger partial charge in [0.2, 0.25) is 0 Å². The van der Waals surface area contributed by atoms with Crippen LogP contribution < -0.4 is 0 Å². The molecule has 6 heavy (non-hydrogen) atoms. The van der Waals surface area contributed by atoms with Crippen LogP contribution >= 0.6 is 0 Å². The van der Waals surface area contributed by atoms with Crippen LogP contribution in [0.1, 0.15) is 0 Å². The Morgan fingerprint density at radius 1 is 1.83 bits per heavy atom. The molecule has 1 rings (SSSR count). The van der Waals surface area contributed by atoms with Gasteiger partial charge in [-0.3, -0.25) is 0 Å². The first-order chi connectivity index (χ1) is 2.93. The number of hydrogen-bond donors (Lipinski definition) is 0. The normalized spacial score (nSPS) is 29.0. The Morgan fingerprint density at radius 3 is 2.50 bits per heavy atom. The van der Waals surface area contributed by atoms with Gasteiger partial charge in [0.1, 0.15) is 0 Å². The summed E-state index contributed by atoms with van der Waals surface area (Å²) in [4.78, 5) is 12.1. The van der Waals surface area contributed by atoms with E-state index in [0.717, 1.165) is 6.29 Å². The van der Waals surface area contributed by atoms with E-state index in [1.807, 2.05) is 6.08 Å². The summed E-state index contributed by atoms with van der Waals surface area (Å²) in [7, 11) is 0. The van der Waals surface area contributed by atoms with Crippen molar-refractivity contribution in [3.8, 4) is 0 Å². The van der Waals surface area contributed by atoms with Crippen molar-refractivity contribution in [2.24, 2.45) is 0 Å². The standard InChI is InChI=1S/C4H4OSe/c5-3-4-1-2-6-4/h1-4H. The average Bonchev–Trinajstić information content (AvgIpc) is 1.31. The molecule has 0 saturated carbocycles. The zero-order chi connectivity index (χ0) is 4.41. The van der Waals surface area contributed by atoms with E-state index in [1.165, 1.54) is 0 Å². The van der Waals surface area contributed by atoms with Gasteiger partial charge >= 0.3 is 41.9 Å². The number of rotatable bonds is 1. The number of carbonyl (C=O) groups excluding carboxylic acids is 1. The zero-order valence-corrected chi connectivity index (χ0v) is 4.84. The number of aldehydes is 1. The van der Waals surface area contributed by atoms with Gasteiger partial charge < -0.3 is 0 Å². The summed E-state index contributed by atoms with van der Waals surface area (Å²) in [5.74, 6) is 0. The molecular formula is C4H4OSe. The number of allylic oxidation sites excluding steroid dienone is 1. The summed E-state index contributed by atoms with van der Waals surface area (Å²) in [5.41, 5.74) is 0. The molecule has 0 spiro atoms. The summed E-state index contributed by atoms with van der Waals surface area (Å²) in [6.07, 6.45) is 2.94. The Morgan fingerprint density at radius 2 is 2.50 bits per heavy atom. The van der Waals surface area contributed by atoms with E-state index < -0.39 is 0 Å². The third kappa shape index (κ3) is 0.536. The average molecular weight is 147 g/mol. The molecule has 1 heterocycles. The van der Waals surface area contributed by atoms with E-state index in [9.17, 15) is 4.79 Å². The Hall–Kier alpha value is -0.0705. The van der Waals surface area contributed by atoms with Crippen molar-refractivity contribution >= 4 is 21.2 Å². The Balaban J connectivity index is 2.39. The molecule has 1 atom stereocenters. The van der Waals surface area contributed by atoms with Gasteiger partial charge in [-0.2, -0.15) is 0 Å². The van der Waals surface area contributed by atoms with E-state index in [1.54, 1.807) is 0 Å². The predicted molar refractivity (Wildman–Crippen MR) is 24.7 cm³/mol. The van der Waals surface area contributed by atoms with Crippen LogP contribution in [0.4, 0.5) is 0 Å². The van der Waals surface area contributed by atoms with Crippen molar-refractivity contribution in [1.29, 1.82) is 0 Å². The van der Waals surface area contributed by atoms with Crippen LogP contribution in [0.15, 0.2) is 11.1 Å². The topological polar surface area (TPSA) is 17.1 Å². The van der Waals surface area contributed by atoms with Gasteiger partial charge in [-0.15, -0.1) is 0 Å². The molecule has 0 fully saturated rings. The van der Waals surface area contributed by atoms with Crippen LogP contribution in [-0.2, 0) is 4.79 Å². The molecule has 0 amide bonds. The van der Waals surface area contributed by atoms with E-state index in [4.69, 9.17) is 0 Å². The molecule has 32 valence electrons. The quantitative estimate of drug-likeness (QED) is 0.382. The molecule has 0 aromatic carbocycles. The molecule has 1 aliphatic heterocycles. The Labute approximate surface area is 42.6 Å². The first kappa shape index (κ1) is 4.10. The second-order valence-electron chi connectivity index (χ2n) is 1.07. The van der Waals surface area contributed by atoms with Gasteiger partial charge in [0.15, 0.2) is 0 Å². The molecule has 0 aromatic heterocycles. The van der Waals surface area contributed by atoms with Crippen molar-refractivity contribution in [2.45, 2.75) is 4.82 Å². The van der Waals surface area contributed by atoms with Gasteiger partial charge in [0, 0.05) is 0 Å². The molecule has 0 radical (unpaired) electrons. The van der Waals surface area contributed by atoms with Crippen molar-refractivity contribution in [2.75, 3.05) is 0 Å². The van der Waals surface area contributed by atoms with E-state index in [2.05, 4.69) is 4.97 Å². The summed E-state index contributed by atoms with van der Waals surface area (Å²) in [5, 5.41) is 0. The van der Waals surface area contributed by atoms with Crippen molar-refractivity contribution in [3.05, 3.63) is 11.1 Å². The maximum absolute atomic E-state index is 9.75. The van der Waals surface area contributed by atoms with Gasteiger partial charge in [-0.05, 0) is 0 Å². The van der Waals surface area contributed by atoms with Crippen LogP contribution in [0.3, 0.4) is 0 Å². The fourth-order valence-electron chi connectivity index (χ4n) is 0.247. The molecule has 1 nitrogen and oxygen atoms in total. The summed E-state index contributed by atoms with van der Waals surface area (Å²) in [6, 6.07) is 0. The van der Waals surface area contributed by atoms with Crippen molar-refractivity contribution < 1.29 is 4.79 Å². The molecular weight excluding hydrogens is 143 g/mol. The zero-order valence-electron chi connectivity index (χ0n) is 3.13. The first-order valence-electron chi connectivity index (χ1n) is 1.71. The molecule has 2 heteroatoms. The first-order valence-corrected chi connectivity index (χ1v) is 3.69. The van der Waals surface area contributed by atoms with Gasteiger partial charge in [0.05, 0.1) is 0 Å². The second kappa shape index (κ2) is 1.59. The summed E-state index contributed by atoms with van der Waals surface area (Å²) in [6.45, 7) is 0. The van der Waals surface area contributed by atoms with Gasteiger partial charge in [-0.25, -0.2) is 0 Å². The summed E-state index contributed by atoms with van der Waals surface area (Å²) >= 11 is 0.516. The predicted octanol–water partition coefficient (Wildman–Crippen LogP) is 0.205. The molecule has 0 aromatic rings. The van der Waals surface area contributed by atoms with Crippen molar-refractivity contribution in [1.82, 2.24) is 0 Å². The third-order valence-corrected chi connectivity index (χ3v) is 2.52. The van der Waals surface area contributed by atoms with E-state index >= 15 is 0 Å².